The highest BCUT2D eigenvalue weighted by Gasteiger charge is 2.30. The maximum atomic E-state index is 13.1. The monoisotopic (exact) mass is 453 g/mol. The maximum absolute atomic E-state index is 13.1. The number of aromatic nitrogens is 1. The van der Waals surface area contributed by atoms with Gasteiger partial charge in [-0.1, -0.05) is 23.8 Å². The molecule has 4 aromatic rings. The number of fused-ring (bicyclic) bond motifs is 2. The molecule has 5 heteroatoms. The summed E-state index contributed by atoms with van der Waals surface area (Å²) in [5.74, 6) is 2.22. The number of Topliss-reactive ketones (excluding diaryl/α,β-unsaturated/α-hetero) is 1. The Labute approximate surface area is 199 Å². The van der Waals surface area contributed by atoms with Crippen LogP contribution < -0.4 is 14.2 Å². The number of hydrogen-bond acceptors (Lipinski definition) is 4. The van der Waals surface area contributed by atoms with Gasteiger partial charge in [0.1, 0.15) is 23.9 Å². The predicted molar refractivity (Wildman–Crippen MR) is 134 cm³/mol. The van der Waals surface area contributed by atoms with E-state index < -0.39 is 0 Å². The van der Waals surface area contributed by atoms with Crippen molar-refractivity contribution in [3.05, 3.63) is 93.9 Å². The largest absolute Gasteiger partial charge is 0.497 e. The minimum Gasteiger partial charge on any atom is -0.497 e. The fraction of sp³-hybridized carbons (Fsp3) is 0.207. The normalized spacial score (nSPS) is 13.9. The summed E-state index contributed by atoms with van der Waals surface area (Å²) in [5.41, 5.74) is 6.85. The van der Waals surface area contributed by atoms with Crippen LogP contribution in [0.5, 0.6) is 17.2 Å². The van der Waals surface area contributed by atoms with Crippen LogP contribution >= 0.6 is 0 Å². The Morgan fingerprint density at radius 3 is 2.65 bits per heavy atom. The van der Waals surface area contributed by atoms with Gasteiger partial charge in [-0.15, -0.1) is 0 Å². The van der Waals surface area contributed by atoms with Gasteiger partial charge < -0.3 is 18.8 Å². The topological polar surface area (TPSA) is 49.7 Å². The number of ether oxygens (including phenoxy) is 3. The average molecular weight is 454 g/mol. The van der Waals surface area contributed by atoms with Gasteiger partial charge in [-0.3, -0.25) is 4.79 Å². The predicted octanol–water partition coefficient (Wildman–Crippen LogP) is 6.31. The number of aryl methyl sites for hydroxylation is 3. The lowest BCUT2D eigenvalue weighted by Gasteiger charge is -2.13. The molecule has 0 radical (unpaired) electrons. The van der Waals surface area contributed by atoms with E-state index in [0.717, 1.165) is 33.3 Å². The molecule has 34 heavy (non-hydrogen) atoms. The molecule has 0 spiro atoms. The molecule has 0 N–H and O–H groups in total. The van der Waals surface area contributed by atoms with E-state index in [0.29, 0.717) is 29.4 Å². The number of hydrogen-bond donors (Lipinski definition) is 0. The van der Waals surface area contributed by atoms with Gasteiger partial charge in [0, 0.05) is 35.3 Å². The standard InChI is InChI=1S/C29H27NO4/c1-17-6-7-18(2)21(12-17)16-33-26-11-9-23-28(31)27(34-29(23)19(26)3)13-20-15-30(4)25-10-8-22(32-5)14-24(20)25/h6-15H,16H2,1-5H3. The molecule has 5 rings (SSSR count). The number of carbonyl (C=O) groups is 1. The molecule has 5 nitrogen and oxygen atoms in total. The summed E-state index contributed by atoms with van der Waals surface area (Å²) in [4.78, 5) is 13.1. The quantitative estimate of drug-likeness (QED) is 0.332. The Kier molecular flexibility index (Phi) is 5.40. The smallest absolute Gasteiger partial charge is 0.231 e. The molecule has 0 saturated carbocycles. The van der Waals surface area contributed by atoms with Crippen molar-refractivity contribution in [2.24, 2.45) is 7.05 Å². The van der Waals surface area contributed by atoms with Crippen LogP contribution in [0, 0.1) is 20.8 Å². The van der Waals surface area contributed by atoms with Gasteiger partial charge in [-0.25, -0.2) is 0 Å². The Bertz CT molecular complexity index is 1480. The van der Waals surface area contributed by atoms with Crippen LogP contribution in [0.15, 0.2) is 60.5 Å². The minimum absolute atomic E-state index is 0.126. The molecule has 0 bridgehead atoms. The molecule has 1 aliphatic rings. The third-order valence-electron chi connectivity index (χ3n) is 6.44. The van der Waals surface area contributed by atoms with E-state index in [9.17, 15) is 4.79 Å². The molecule has 0 fully saturated rings. The Morgan fingerprint density at radius 1 is 1.03 bits per heavy atom. The second kappa shape index (κ2) is 8.41. The molecular formula is C29H27NO4. The summed E-state index contributed by atoms with van der Waals surface area (Å²) in [6, 6.07) is 15.9. The van der Waals surface area contributed by atoms with Crippen molar-refractivity contribution < 1.29 is 19.0 Å². The molecule has 0 saturated heterocycles. The first kappa shape index (κ1) is 21.8. The van der Waals surface area contributed by atoms with Gasteiger partial charge in [-0.05, 0) is 68.3 Å². The second-order valence-corrected chi connectivity index (χ2v) is 8.80. The third kappa shape index (κ3) is 3.73. The van der Waals surface area contributed by atoms with Gasteiger partial charge in [0.15, 0.2) is 5.76 Å². The number of carbonyl (C=O) groups excluding carboxylic acids is 1. The molecule has 0 aliphatic carbocycles. The van der Waals surface area contributed by atoms with Gasteiger partial charge >= 0.3 is 0 Å². The van der Waals surface area contributed by atoms with E-state index in [2.05, 4.69) is 32.0 Å². The van der Waals surface area contributed by atoms with Crippen LogP contribution in [0.3, 0.4) is 0 Å². The highest BCUT2D eigenvalue weighted by atomic mass is 16.5. The fourth-order valence-electron chi connectivity index (χ4n) is 4.42. The van der Waals surface area contributed by atoms with E-state index in [4.69, 9.17) is 14.2 Å². The van der Waals surface area contributed by atoms with E-state index in [-0.39, 0.29) is 5.78 Å². The molecular weight excluding hydrogens is 426 g/mol. The summed E-state index contributed by atoms with van der Waals surface area (Å²) in [6.45, 7) is 6.54. The molecule has 172 valence electrons. The first-order chi connectivity index (χ1) is 16.4. The summed E-state index contributed by atoms with van der Waals surface area (Å²) < 4.78 is 19.6. The number of benzene rings is 3. The van der Waals surface area contributed by atoms with E-state index >= 15 is 0 Å². The summed E-state index contributed by atoms with van der Waals surface area (Å²) in [7, 11) is 3.62. The summed E-state index contributed by atoms with van der Waals surface area (Å²) in [6.07, 6.45) is 3.79. The highest BCUT2D eigenvalue weighted by Crippen LogP contribution is 2.40. The summed E-state index contributed by atoms with van der Waals surface area (Å²) in [5, 5.41) is 0.996. The average Bonchev–Trinajstić information content (AvgIpc) is 3.32. The fourth-order valence-corrected chi connectivity index (χ4v) is 4.42. The number of allylic oxidation sites excluding steroid dienone is 1. The number of nitrogens with zero attached hydrogens (tertiary/aromatic N) is 1. The lowest BCUT2D eigenvalue weighted by molar-refractivity contribution is 0.101. The van der Waals surface area contributed by atoms with Crippen LogP contribution in [0.2, 0.25) is 0 Å². The lowest BCUT2D eigenvalue weighted by Crippen LogP contribution is -2.00. The zero-order chi connectivity index (χ0) is 24.0. The van der Waals surface area contributed by atoms with E-state index in [1.54, 1.807) is 19.3 Å². The highest BCUT2D eigenvalue weighted by molar-refractivity contribution is 6.15. The number of methoxy groups -OCH3 is 1. The van der Waals surface area contributed by atoms with Crippen molar-refractivity contribution >= 4 is 22.8 Å². The number of ketones is 1. The zero-order valence-electron chi connectivity index (χ0n) is 20.1. The molecule has 1 aliphatic heterocycles. The van der Waals surface area contributed by atoms with Gasteiger partial charge in [0.2, 0.25) is 5.78 Å². The van der Waals surface area contributed by atoms with Crippen molar-refractivity contribution in [3.8, 4) is 17.2 Å². The molecule has 3 aromatic carbocycles. The minimum atomic E-state index is -0.126. The second-order valence-electron chi connectivity index (χ2n) is 8.80. The zero-order valence-corrected chi connectivity index (χ0v) is 20.1. The Balaban J connectivity index is 1.45. The Morgan fingerprint density at radius 2 is 1.85 bits per heavy atom. The van der Waals surface area contributed by atoms with Crippen molar-refractivity contribution in [2.75, 3.05) is 7.11 Å². The van der Waals surface area contributed by atoms with Crippen molar-refractivity contribution in [3.63, 3.8) is 0 Å². The van der Waals surface area contributed by atoms with Crippen LogP contribution in [0.4, 0.5) is 0 Å². The van der Waals surface area contributed by atoms with Crippen molar-refractivity contribution in [2.45, 2.75) is 27.4 Å². The SMILES string of the molecule is COc1ccc2c(c1)c(C=C1Oc3c(ccc(OCc4cc(C)ccc4C)c3C)C1=O)cn2C. The van der Waals surface area contributed by atoms with Crippen LogP contribution in [0.25, 0.3) is 17.0 Å². The van der Waals surface area contributed by atoms with Gasteiger partial charge in [0.05, 0.1) is 12.7 Å². The summed E-state index contributed by atoms with van der Waals surface area (Å²) >= 11 is 0. The first-order valence-corrected chi connectivity index (χ1v) is 11.3. The first-order valence-electron chi connectivity index (χ1n) is 11.3. The molecule has 0 amide bonds. The molecule has 0 unspecified atom stereocenters. The van der Waals surface area contributed by atoms with E-state index in [1.165, 1.54) is 11.1 Å². The molecule has 0 atom stereocenters. The molecule has 2 heterocycles. The van der Waals surface area contributed by atoms with E-state index in [1.807, 2.05) is 49.0 Å². The van der Waals surface area contributed by atoms with Crippen LogP contribution in [-0.4, -0.2) is 17.5 Å². The van der Waals surface area contributed by atoms with Gasteiger partial charge in [0.25, 0.3) is 0 Å². The number of rotatable bonds is 5. The van der Waals surface area contributed by atoms with Crippen molar-refractivity contribution in [1.82, 2.24) is 4.57 Å². The Hall–Kier alpha value is -3.99. The molecule has 1 aromatic heterocycles. The third-order valence-corrected chi connectivity index (χ3v) is 6.44. The lowest BCUT2D eigenvalue weighted by atomic mass is 10.0. The van der Waals surface area contributed by atoms with Crippen LogP contribution in [-0.2, 0) is 13.7 Å². The van der Waals surface area contributed by atoms with Crippen LogP contribution in [0.1, 0.15) is 38.2 Å². The maximum Gasteiger partial charge on any atom is 0.231 e. The van der Waals surface area contributed by atoms with Gasteiger partial charge in [-0.2, -0.15) is 0 Å². The van der Waals surface area contributed by atoms with Crippen molar-refractivity contribution in [1.29, 1.82) is 0 Å².